The van der Waals surface area contributed by atoms with E-state index in [1.807, 2.05) is 159 Å². The zero-order valence-electron chi connectivity index (χ0n) is 63.9. The van der Waals surface area contributed by atoms with Crippen molar-refractivity contribution in [2.45, 2.75) is 164 Å². The number of hydrogen-bond acceptors (Lipinski definition) is 23. The summed E-state index contributed by atoms with van der Waals surface area (Å²) in [5.41, 5.74) is 58.6. The number of rotatable bonds is 41. The quantitative estimate of drug-likeness (QED) is 0.00733. The van der Waals surface area contributed by atoms with E-state index in [9.17, 15) is 24.0 Å². The van der Waals surface area contributed by atoms with Crippen molar-refractivity contribution in [3.05, 3.63) is 231 Å². The number of nitrogens with one attached hydrogen (secondary N) is 5. The first-order valence-electron chi connectivity index (χ1n) is 36.9. The largest absolute Gasteiger partial charge is 0.469 e. The average Bonchev–Trinajstić information content (AvgIpc) is 0.878. The van der Waals surface area contributed by atoms with Crippen LogP contribution in [0, 0.1) is 5.41 Å². The summed E-state index contributed by atoms with van der Waals surface area (Å²) in [4.78, 5) is 57.7. The number of hydrogen-bond donors (Lipinski definition) is 13. The minimum Gasteiger partial charge on any atom is -0.469 e. The van der Waals surface area contributed by atoms with Gasteiger partial charge in [-0.3, -0.25) is 24.0 Å². The second-order valence-electron chi connectivity index (χ2n) is 25.0. The van der Waals surface area contributed by atoms with Gasteiger partial charge in [0.1, 0.15) is 13.2 Å². The third-order valence-electron chi connectivity index (χ3n) is 16.7. The highest BCUT2D eigenvalue weighted by atomic mass is 16.6. The molecule has 0 aromatic heterocycles. The number of esters is 5. The Bertz CT molecular complexity index is 3300. The lowest BCUT2D eigenvalue weighted by atomic mass is 9.84. The number of nitrogen functional groups attached to an aromatic ring is 3. The van der Waals surface area contributed by atoms with E-state index in [4.69, 9.17) is 64.8 Å². The number of anilines is 3. The molecule has 0 bridgehead atoms. The van der Waals surface area contributed by atoms with Crippen LogP contribution in [-0.4, -0.2) is 96.1 Å². The zero-order valence-corrected chi connectivity index (χ0v) is 63.9. The highest BCUT2D eigenvalue weighted by Gasteiger charge is 2.30. The van der Waals surface area contributed by atoms with Gasteiger partial charge in [-0.2, -0.15) is 0 Å². The Hall–Kier alpha value is -9.11. The summed E-state index contributed by atoms with van der Waals surface area (Å²) in [6.07, 6.45) is 6.33. The topological polar surface area (TPSA) is 400 Å². The number of carbonyl (C=O) groups is 5. The fourth-order valence-electron chi connectivity index (χ4n) is 9.38. The smallest absolute Gasteiger partial charge is 0.307 e. The van der Waals surface area contributed by atoms with Crippen LogP contribution in [0.1, 0.15) is 154 Å². The van der Waals surface area contributed by atoms with Crippen LogP contribution in [0.5, 0.6) is 0 Å². The van der Waals surface area contributed by atoms with Gasteiger partial charge in [0.15, 0.2) is 0 Å². The molecule has 7 aromatic carbocycles. The molecule has 0 aliphatic heterocycles. The molecule has 0 heterocycles. The minimum atomic E-state index is -0.363. The van der Waals surface area contributed by atoms with Gasteiger partial charge in [-0.15, -0.1) is 0 Å². The maximum absolute atomic E-state index is 12.3. The molecule has 0 aliphatic rings. The van der Waals surface area contributed by atoms with E-state index in [-0.39, 0.29) is 54.9 Å². The lowest BCUT2D eigenvalue weighted by molar-refractivity contribution is -0.154. The summed E-state index contributed by atoms with van der Waals surface area (Å²) < 4.78 is 25.6. The molecule has 0 amide bonds. The van der Waals surface area contributed by atoms with Crippen molar-refractivity contribution in [3.8, 4) is 0 Å². The van der Waals surface area contributed by atoms with E-state index in [0.29, 0.717) is 111 Å². The third kappa shape index (κ3) is 45.3. The first-order chi connectivity index (χ1) is 51.3. The number of ether oxygens (including phenoxy) is 5. The number of carbonyl (C=O) groups excluding carboxylic acids is 5. The minimum absolute atomic E-state index is 0.131. The molecule has 0 atom stereocenters. The molecule has 7 rings (SSSR count). The average molecular weight is 1460 g/mol. The van der Waals surface area contributed by atoms with Gasteiger partial charge >= 0.3 is 29.8 Å². The van der Waals surface area contributed by atoms with Gasteiger partial charge in [0.2, 0.25) is 0 Å². The summed E-state index contributed by atoms with van der Waals surface area (Å²) in [5, 5.41) is 16.1. The molecule has 23 heteroatoms. The first kappa shape index (κ1) is 93.0. The van der Waals surface area contributed by atoms with Crippen molar-refractivity contribution < 1.29 is 47.7 Å². The molecular weight excluding hydrogens is 1340 g/mol. The van der Waals surface area contributed by atoms with Crippen LogP contribution in [0.3, 0.4) is 0 Å². The summed E-state index contributed by atoms with van der Waals surface area (Å²) in [7, 11) is 1.40. The number of benzene rings is 7. The van der Waals surface area contributed by atoms with Gasteiger partial charge in [-0.25, -0.2) is 0 Å². The zero-order chi connectivity index (χ0) is 77.8. The molecule has 582 valence electrons. The molecular formula is C83H125N13O10. The number of nitrogens with two attached hydrogens (primary N) is 8. The normalized spacial score (nSPS) is 10.5. The Morgan fingerprint density at radius 1 is 0.321 bits per heavy atom. The van der Waals surface area contributed by atoms with Crippen LogP contribution >= 0.6 is 0 Å². The summed E-state index contributed by atoms with van der Waals surface area (Å²) in [5.74, 6) is -0.971. The highest BCUT2D eigenvalue weighted by molar-refractivity contribution is 5.71. The first-order valence-corrected chi connectivity index (χ1v) is 36.9. The van der Waals surface area contributed by atoms with Crippen LogP contribution < -0.4 is 72.5 Å². The Morgan fingerprint density at radius 2 is 0.557 bits per heavy atom. The van der Waals surface area contributed by atoms with Crippen molar-refractivity contribution >= 4 is 46.9 Å². The lowest BCUT2D eigenvalue weighted by Gasteiger charge is -2.30. The predicted octanol–water partition coefficient (Wildman–Crippen LogP) is 9.79. The number of aryl methyl sites for hydroxylation is 1. The molecule has 0 saturated carbocycles. The predicted molar refractivity (Wildman–Crippen MR) is 428 cm³/mol. The molecule has 0 spiro atoms. The third-order valence-corrected chi connectivity index (χ3v) is 16.7. The molecule has 23 nitrogen and oxygen atoms in total. The maximum atomic E-state index is 12.3. The number of unbranched alkanes of at least 4 members (excludes halogenated alkanes) is 1. The van der Waals surface area contributed by atoms with Crippen LogP contribution in [0.2, 0.25) is 0 Å². The van der Waals surface area contributed by atoms with Crippen molar-refractivity contribution in [1.29, 1.82) is 0 Å². The Labute approximate surface area is 631 Å². The van der Waals surface area contributed by atoms with Gasteiger partial charge in [0.05, 0.1) is 52.4 Å². The summed E-state index contributed by atoms with van der Waals surface area (Å²) in [6, 6.07) is 55.6. The Balaban J connectivity index is 0.000000466. The van der Waals surface area contributed by atoms with Gasteiger partial charge in [-0.1, -0.05) is 168 Å². The van der Waals surface area contributed by atoms with Crippen LogP contribution in [0.4, 0.5) is 17.1 Å². The Morgan fingerprint density at radius 3 is 0.802 bits per heavy atom. The Kier molecular flexibility index (Phi) is 51.8. The molecule has 7 aromatic rings. The van der Waals surface area contributed by atoms with E-state index in [1.54, 1.807) is 6.92 Å². The fourth-order valence-corrected chi connectivity index (χ4v) is 9.38. The summed E-state index contributed by atoms with van der Waals surface area (Å²) in [6.45, 7) is 21.1. The molecule has 0 saturated heterocycles. The van der Waals surface area contributed by atoms with Crippen molar-refractivity contribution in [1.82, 2.24) is 26.6 Å². The maximum Gasteiger partial charge on any atom is 0.307 e. The second-order valence-corrected chi connectivity index (χ2v) is 25.0. The molecule has 0 aliphatic carbocycles. The van der Waals surface area contributed by atoms with Gasteiger partial charge in [0.25, 0.3) is 0 Å². The lowest BCUT2D eigenvalue weighted by Crippen LogP contribution is -2.34. The van der Waals surface area contributed by atoms with Gasteiger partial charge < -0.3 is 96.1 Å². The van der Waals surface area contributed by atoms with Gasteiger partial charge in [-0.05, 0) is 130 Å². The van der Waals surface area contributed by atoms with E-state index < -0.39 is 0 Å². The SMILES string of the molecule is CCCCOC(=O)CCNCc1ccc(N)cc1.CCOC(=O)CCNCc1ccc(N)cc1.CCc1ccc(CNCCC(=O)OCC(CC)(CC)COC(=O)CCNCc2ccc(CN)cc2)cc1.COC(=O)CCNCc1ccc(CN)cc1.NCc1ccc(CN)cc1.NCc1ccc(N)cc1. The highest BCUT2D eigenvalue weighted by Crippen LogP contribution is 2.28. The number of methoxy groups -OCH3 is 1. The molecule has 0 fully saturated rings. The van der Waals surface area contributed by atoms with E-state index in [1.165, 1.54) is 23.8 Å². The molecule has 106 heavy (non-hydrogen) atoms. The van der Waals surface area contributed by atoms with E-state index in [2.05, 4.69) is 69.4 Å². The summed E-state index contributed by atoms with van der Waals surface area (Å²) >= 11 is 0. The van der Waals surface area contributed by atoms with Crippen molar-refractivity contribution in [2.24, 2.45) is 34.1 Å². The molecule has 0 radical (unpaired) electrons. The van der Waals surface area contributed by atoms with Gasteiger partial charge in [0, 0.05) is 121 Å². The van der Waals surface area contributed by atoms with Crippen LogP contribution in [0.25, 0.3) is 0 Å². The van der Waals surface area contributed by atoms with E-state index >= 15 is 0 Å². The second kappa shape index (κ2) is 59.1. The van der Waals surface area contributed by atoms with Crippen molar-refractivity contribution in [3.63, 3.8) is 0 Å². The molecule has 0 unspecified atom stereocenters. The van der Waals surface area contributed by atoms with Crippen LogP contribution in [-0.2, 0) is 120 Å². The van der Waals surface area contributed by atoms with Crippen LogP contribution in [0.15, 0.2) is 170 Å². The molecule has 21 N–H and O–H groups in total. The van der Waals surface area contributed by atoms with Crippen molar-refractivity contribution in [2.75, 3.05) is 83.5 Å². The standard InChI is InChI=1S/C30H45N3O4.C14H22N2O2.2C12H18N2O2.C8H12N2.C7H10N2/c1-4-24-7-11-26(12-8-24)20-32-17-15-28(34)36-22-30(5-2,6-3)23-37-29(35)16-18-33-21-27-13-9-25(19-31)10-14-27;1-2-3-10-18-14(17)8-9-16-11-12-4-6-13(15)7-5-12;1-16-12(15)6-7-14-9-11-4-2-10(8-13)3-5-11;1-2-16-12(15)7-8-14-9-10-3-5-11(13)6-4-10;9-5-7-1-2-8(6-10)4-3-7;8-5-6-1-3-7(9)4-2-6/h7-14,32-33H,4-6,15-23,31H2,1-3H3;4-7,16H,2-3,8-11,15H2,1H3;2-5,14H,6-9,13H2,1H3;3-6,14H,2,7-9,13H2,1H3;1-4H,5-6,9-10H2;1-4H,5,8-9H2. The van der Waals surface area contributed by atoms with E-state index in [0.717, 1.165) is 120 Å². The fraction of sp³-hybridized carbons (Fsp3) is 0.434. The monoisotopic (exact) mass is 1460 g/mol.